The molecule has 28 heavy (non-hydrogen) atoms. The van der Waals surface area contributed by atoms with E-state index in [9.17, 15) is 0 Å². The Labute approximate surface area is 204 Å². The Morgan fingerprint density at radius 3 is 1.93 bits per heavy atom. The fourth-order valence-electron chi connectivity index (χ4n) is 1.99. The van der Waals surface area contributed by atoms with Crippen LogP contribution in [0.15, 0.2) is 33.5 Å². The predicted molar refractivity (Wildman–Crippen MR) is 124 cm³/mol. The van der Waals surface area contributed by atoms with Gasteiger partial charge < -0.3 is 0 Å². The second kappa shape index (κ2) is 13.0. The molecule has 3 rings (SSSR count). The lowest BCUT2D eigenvalue weighted by molar-refractivity contribution is 0.895. The standard InChI is InChI=1S/C9H6BrClN2.C7H4BrClN2.C2H4BrCl/c10-7-2-1-6(8(11)13-7)9(5-12)3-4-9;8-6-2-1-5(3-4-10)7(9)11-6;3-1-2-4/h1-2H,3-4H2;1-2H,3H2;1-2H2. The van der Waals surface area contributed by atoms with Crippen LogP contribution >= 0.6 is 82.6 Å². The average molecular weight is 632 g/mol. The van der Waals surface area contributed by atoms with Crippen molar-refractivity contribution in [3.05, 3.63) is 54.9 Å². The van der Waals surface area contributed by atoms with Crippen molar-refractivity contribution < 1.29 is 0 Å². The maximum atomic E-state index is 8.96. The maximum Gasteiger partial charge on any atom is 0.135 e. The van der Waals surface area contributed by atoms with Gasteiger partial charge in [-0.25, -0.2) is 9.97 Å². The van der Waals surface area contributed by atoms with Crippen molar-refractivity contribution in [3.8, 4) is 12.1 Å². The quantitative estimate of drug-likeness (QED) is 0.264. The summed E-state index contributed by atoms with van der Waals surface area (Å²) in [6, 6.07) is 11.5. The summed E-state index contributed by atoms with van der Waals surface area (Å²) < 4.78 is 1.39. The lowest BCUT2D eigenvalue weighted by Crippen LogP contribution is -2.04. The van der Waals surface area contributed by atoms with Crippen molar-refractivity contribution in [2.24, 2.45) is 0 Å². The summed E-state index contributed by atoms with van der Waals surface area (Å²) >= 11 is 26.3. The van der Waals surface area contributed by atoms with Crippen LogP contribution < -0.4 is 0 Å². The highest BCUT2D eigenvalue weighted by molar-refractivity contribution is 9.10. The molecule has 0 unspecified atom stereocenters. The Morgan fingerprint density at radius 2 is 1.54 bits per heavy atom. The summed E-state index contributed by atoms with van der Waals surface area (Å²) in [5, 5.41) is 19.0. The fourth-order valence-corrected chi connectivity index (χ4v) is 3.37. The first kappa shape index (κ1) is 25.6. The summed E-state index contributed by atoms with van der Waals surface area (Å²) in [6.07, 6.45) is 2.10. The highest BCUT2D eigenvalue weighted by Gasteiger charge is 2.46. The van der Waals surface area contributed by atoms with Crippen molar-refractivity contribution in [1.82, 2.24) is 9.97 Å². The third kappa shape index (κ3) is 8.14. The molecule has 2 aromatic rings. The molecule has 2 heterocycles. The van der Waals surface area contributed by atoms with Gasteiger partial charge in [0.05, 0.1) is 24.0 Å². The van der Waals surface area contributed by atoms with Crippen LogP contribution in [0.2, 0.25) is 10.3 Å². The lowest BCUT2D eigenvalue weighted by atomic mass is 10.0. The minimum atomic E-state index is -0.342. The molecule has 148 valence electrons. The highest BCUT2D eigenvalue weighted by atomic mass is 79.9. The van der Waals surface area contributed by atoms with Gasteiger partial charge in [-0.2, -0.15) is 10.5 Å². The molecule has 0 atom stereocenters. The molecule has 0 spiro atoms. The molecular weight excluding hydrogens is 618 g/mol. The van der Waals surface area contributed by atoms with Gasteiger partial charge in [-0.15, -0.1) is 11.6 Å². The van der Waals surface area contributed by atoms with E-state index in [0.717, 1.165) is 29.3 Å². The molecular formula is C18H14Br3Cl3N4. The van der Waals surface area contributed by atoms with E-state index in [4.69, 9.17) is 45.3 Å². The molecule has 0 aromatic carbocycles. The first-order valence-electron chi connectivity index (χ1n) is 7.87. The van der Waals surface area contributed by atoms with Gasteiger partial charge in [-0.3, -0.25) is 0 Å². The smallest absolute Gasteiger partial charge is 0.135 e. The van der Waals surface area contributed by atoms with E-state index in [0.29, 0.717) is 31.8 Å². The van der Waals surface area contributed by atoms with Crippen LogP contribution in [0.25, 0.3) is 0 Å². The number of halogens is 6. The molecule has 10 heteroatoms. The zero-order chi connectivity index (χ0) is 21.2. The summed E-state index contributed by atoms with van der Waals surface area (Å²) in [6.45, 7) is 0. The molecule has 2 aromatic heterocycles. The van der Waals surface area contributed by atoms with Gasteiger partial charge in [0.1, 0.15) is 19.5 Å². The fraction of sp³-hybridized carbons (Fsp3) is 0.333. The molecule has 0 saturated heterocycles. The van der Waals surface area contributed by atoms with Crippen LogP contribution in [-0.4, -0.2) is 21.2 Å². The van der Waals surface area contributed by atoms with Gasteiger partial charge in [0.25, 0.3) is 0 Å². The van der Waals surface area contributed by atoms with Crippen LogP contribution in [-0.2, 0) is 11.8 Å². The van der Waals surface area contributed by atoms with Crippen LogP contribution in [0.1, 0.15) is 24.0 Å². The van der Waals surface area contributed by atoms with Crippen LogP contribution in [0.4, 0.5) is 0 Å². The highest BCUT2D eigenvalue weighted by Crippen LogP contribution is 2.49. The Morgan fingerprint density at radius 1 is 1.00 bits per heavy atom. The van der Waals surface area contributed by atoms with E-state index < -0.39 is 0 Å². The van der Waals surface area contributed by atoms with Gasteiger partial charge in [-0.1, -0.05) is 51.3 Å². The maximum absolute atomic E-state index is 8.96. The SMILES string of the molecule is ClCCBr.N#CC1(c2ccc(Br)nc2Cl)CC1.N#CCc1ccc(Br)nc1Cl. The van der Waals surface area contributed by atoms with Crippen molar-refractivity contribution in [2.45, 2.75) is 24.7 Å². The number of nitriles is 2. The summed E-state index contributed by atoms with van der Waals surface area (Å²) in [7, 11) is 0. The zero-order valence-corrected chi connectivity index (χ0v) is 21.4. The molecule has 0 amide bonds. The monoisotopic (exact) mass is 628 g/mol. The molecule has 1 fully saturated rings. The second-order valence-corrected chi connectivity index (χ2v) is 8.97. The number of alkyl halides is 2. The van der Waals surface area contributed by atoms with Gasteiger partial charge in [0.15, 0.2) is 0 Å². The third-order valence-electron chi connectivity index (χ3n) is 3.53. The van der Waals surface area contributed by atoms with E-state index in [1.54, 1.807) is 12.1 Å². The molecule has 1 saturated carbocycles. The van der Waals surface area contributed by atoms with E-state index in [1.165, 1.54) is 0 Å². The molecule has 0 bridgehead atoms. The Kier molecular flexibility index (Phi) is 11.9. The summed E-state index contributed by atoms with van der Waals surface area (Å²) in [5.74, 6) is 0.708. The third-order valence-corrected chi connectivity index (χ3v) is 6.07. The average Bonchev–Trinajstić information content (AvgIpc) is 3.46. The van der Waals surface area contributed by atoms with Crippen LogP contribution in [0.3, 0.4) is 0 Å². The molecule has 0 aliphatic heterocycles. The number of pyridine rings is 2. The second-order valence-electron chi connectivity index (χ2n) is 5.46. The van der Waals surface area contributed by atoms with E-state index in [2.05, 4.69) is 63.8 Å². The van der Waals surface area contributed by atoms with Gasteiger partial charge in [0.2, 0.25) is 0 Å². The van der Waals surface area contributed by atoms with Crippen molar-refractivity contribution in [2.75, 3.05) is 11.2 Å². The molecule has 0 radical (unpaired) electrons. The normalized spacial score (nSPS) is 13.0. The largest absolute Gasteiger partial charge is 0.229 e. The first-order chi connectivity index (χ1) is 13.3. The summed E-state index contributed by atoms with van der Waals surface area (Å²) in [4.78, 5) is 7.98. The minimum Gasteiger partial charge on any atom is -0.229 e. The number of nitrogens with zero attached hydrogens (tertiary/aromatic N) is 4. The molecule has 4 nitrogen and oxygen atoms in total. The van der Waals surface area contributed by atoms with Gasteiger partial charge >= 0.3 is 0 Å². The van der Waals surface area contributed by atoms with Crippen LogP contribution in [0.5, 0.6) is 0 Å². The number of hydrogen-bond acceptors (Lipinski definition) is 4. The van der Waals surface area contributed by atoms with Crippen molar-refractivity contribution in [1.29, 1.82) is 10.5 Å². The van der Waals surface area contributed by atoms with E-state index in [1.807, 2.05) is 18.2 Å². The molecule has 1 aliphatic carbocycles. The molecule has 0 N–H and O–H groups in total. The lowest BCUT2D eigenvalue weighted by Gasteiger charge is -2.07. The summed E-state index contributed by atoms with van der Waals surface area (Å²) in [5.41, 5.74) is 1.28. The number of aromatic nitrogens is 2. The van der Waals surface area contributed by atoms with Gasteiger partial charge in [0, 0.05) is 22.3 Å². The van der Waals surface area contributed by atoms with E-state index in [-0.39, 0.29) is 5.41 Å². The number of hydrogen-bond donors (Lipinski definition) is 0. The number of rotatable bonds is 3. The Balaban J connectivity index is 0.000000239. The topological polar surface area (TPSA) is 73.4 Å². The molecule has 1 aliphatic rings. The van der Waals surface area contributed by atoms with Crippen LogP contribution in [0, 0.1) is 22.7 Å². The van der Waals surface area contributed by atoms with Gasteiger partial charge in [-0.05, 0) is 56.8 Å². The zero-order valence-electron chi connectivity index (χ0n) is 14.4. The Hall–Kier alpha value is -0.410. The van der Waals surface area contributed by atoms with E-state index >= 15 is 0 Å². The predicted octanol–water partition coefficient (Wildman–Crippen LogP) is 7.24. The minimum absolute atomic E-state index is 0.305. The van der Waals surface area contributed by atoms with Crippen molar-refractivity contribution in [3.63, 3.8) is 0 Å². The Bertz CT molecular complexity index is 875. The van der Waals surface area contributed by atoms with Crippen molar-refractivity contribution >= 4 is 82.6 Å². The first-order valence-corrected chi connectivity index (χ1v) is 11.9.